The molecule has 0 amide bonds. The van der Waals surface area contributed by atoms with Gasteiger partial charge in [0.25, 0.3) is 10.0 Å². The van der Waals surface area contributed by atoms with E-state index in [-0.39, 0.29) is 17.0 Å². The molecular formula is C18H17N5O2S. The fraction of sp³-hybridized carbons (Fsp3) is 0.0556. The van der Waals surface area contributed by atoms with Crippen molar-refractivity contribution in [2.75, 3.05) is 0 Å². The number of rotatable bonds is 3. The van der Waals surface area contributed by atoms with Crippen LogP contribution < -0.4 is 21.7 Å². The van der Waals surface area contributed by atoms with E-state index in [0.717, 1.165) is 16.3 Å². The highest BCUT2D eigenvalue weighted by Crippen LogP contribution is 2.23. The fourth-order valence-electron chi connectivity index (χ4n) is 2.82. The molecule has 1 fully saturated rings. The van der Waals surface area contributed by atoms with Gasteiger partial charge < -0.3 is 0 Å². The molecule has 0 saturated carbocycles. The summed E-state index contributed by atoms with van der Waals surface area (Å²) in [6, 6.07) is 22.1. The molecule has 7 nitrogen and oxygen atoms in total. The highest BCUT2D eigenvalue weighted by atomic mass is 32.2. The van der Waals surface area contributed by atoms with Gasteiger partial charge in [0.05, 0.1) is 4.90 Å². The van der Waals surface area contributed by atoms with Crippen molar-refractivity contribution in [2.45, 2.75) is 11.1 Å². The lowest BCUT2D eigenvalue weighted by molar-refractivity contribution is 0.360. The average Bonchev–Trinajstić information content (AvgIpc) is 2.69. The van der Waals surface area contributed by atoms with Gasteiger partial charge in [0, 0.05) is 0 Å². The lowest BCUT2D eigenvalue weighted by Gasteiger charge is -2.29. The number of fused-ring (bicyclic) bond motifs is 1. The Hall–Kier alpha value is -2.94. The van der Waals surface area contributed by atoms with E-state index < -0.39 is 10.0 Å². The summed E-state index contributed by atoms with van der Waals surface area (Å²) in [5.74, 6) is 0.0744. The molecule has 26 heavy (non-hydrogen) atoms. The first kappa shape index (κ1) is 16.5. The van der Waals surface area contributed by atoms with Gasteiger partial charge in [-0.15, -0.1) is 4.40 Å². The zero-order chi connectivity index (χ0) is 18.0. The number of guanidine groups is 1. The van der Waals surface area contributed by atoms with Gasteiger partial charge in [0.1, 0.15) is 6.17 Å². The number of nitrogens with zero attached hydrogens (tertiary/aromatic N) is 1. The number of hydrogen-bond donors (Lipinski definition) is 4. The Labute approximate surface area is 151 Å². The van der Waals surface area contributed by atoms with Crippen molar-refractivity contribution in [1.29, 1.82) is 0 Å². The van der Waals surface area contributed by atoms with Gasteiger partial charge in [0.15, 0.2) is 0 Å². The van der Waals surface area contributed by atoms with Crippen molar-refractivity contribution in [3.05, 3.63) is 78.4 Å². The Morgan fingerprint density at radius 3 is 2.19 bits per heavy atom. The molecule has 0 unspecified atom stereocenters. The average molecular weight is 367 g/mol. The van der Waals surface area contributed by atoms with Crippen LogP contribution in [0.3, 0.4) is 0 Å². The van der Waals surface area contributed by atoms with Crippen LogP contribution in [0.25, 0.3) is 10.8 Å². The van der Waals surface area contributed by atoms with Crippen LogP contribution in [0.2, 0.25) is 0 Å². The van der Waals surface area contributed by atoms with Gasteiger partial charge >= 0.3 is 0 Å². The SMILES string of the molecule is O=S(=O)(N=C1NNC(c2cccc3ccccc23)NN1)c1ccccc1. The summed E-state index contributed by atoms with van der Waals surface area (Å²) >= 11 is 0. The van der Waals surface area contributed by atoms with Gasteiger partial charge in [-0.1, -0.05) is 60.7 Å². The fourth-order valence-corrected chi connectivity index (χ4v) is 3.76. The summed E-state index contributed by atoms with van der Waals surface area (Å²) in [4.78, 5) is 0.132. The van der Waals surface area contributed by atoms with Gasteiger partial charge in [-0.3, -0.25) is 10.9 Å². The summed E-state index contributed by atoms with van der Waals surface area (Å²) in [7, 11) is -3.79. The first-order valence-corrected chi connectivity index (χ1v) is 9.48. The first-order chi connectivity index (χ1) is 12.6. The molecule has 1 saturated heterocycles. The van der Waals surface area contributed by atoms with Crippen molar-refractivity contribution < 1.29 is 8.42 Å². The molecule has 0 aliphatic carbocycles. The Bertz CT molecular complexity index is 1050. The maximum atomic E-state index is 12.3. The van der Waals surface area contributed by atoms with Crippen molar-refractivity contribution in [2.24, 2.45) is 4.40 Å². The monoisotopic (exact) mass is 367 g/mol. The molecule has 132 valence electrons. The summed E-state index contributed by atoms with van der Waals surface area (Å²) in [6.45, 7) is 0. The zero-order valence-corrected chi connectivity index (χ0v) is 14.5. The normalized spacial score (nSPS) is 17.4. The van der Waals surface area contributed by atoms with E-state index >= 15 is 0 Å². The molecule has 4 rings (SSSR count). The third-order valence-corrected chi connectivity index (χ3v) is 5.35. The van der Waals surface area contributed by atoms with Crippen LogP contribution in [0, 0.1) is 0 Å². The van der Waals surface area contributed by atoms with Crippen LogP contribution in [0.1, 0.15) is 11.7 Å². The Kier molecular flexibility index (Phi) is 4.29. The minimum atomic E-state index is -3.79. The van der Waals surface area contributed by atoms with E-state index in [9.17, 15) is 8.42 Å². The topological polar surface area (TPSA) is 94.6 Å². The lowest BCUT2D eigenvalue weighted by Crippen LogP contribution is -2.62. The highest BCUT2D eigenvalue weighted by Gasteiger charge is 2.21. The van der Waals surface area contributed by atoms with E-state index in [0.29, 0.717) is 0 Å². The van der Waals surface area contributed by atoms with E-state index in [2.05, 4.69) is 26.1 Å². The highest BCUT2D eigenvalue weighted by molar-refractivity contribution is 7.90. The van der Waals surface area contributed by atoms with Crippen LogP contribution >= 0.6 is 0 Å². The summed E-state index contributed by atoms with van der Waals surface area (Å²) in [6.07, 6.45) is -0.264. The standard InChI is InChI=1S/C18H17N5O2S/c24-26(25,14-9-2-1-3-10-14)23-18-21-19-17(20-22-18)16-12-6-8-13-7-4-5-11-15(13)16/h1-12,17,19-20H,(H2,21,22,23). The molecule has 1 aliphatic heterocycles. The molecular weight excluding hydrogens is 350 g/mol. The summed E-state index contributed by atoms with van der Waals surface area (Å²) in [5, 5.41) is 2.22. The Balaban J connectivity index is 1.54. The molecule has 0 bridgehead atoms. The quantitative estimate of drug-likeness (QED) is 0.564. The predicted octanol–water partition coefficient (Wildman–Crippen LogP) is 1.79. The number of sulfonamides is 1. The number of benzene rings is 3. The van der Waals surface area contributed by atoms with Crippen LogP contribution in [0.5, 0.6) is 0 Å². The van der Waals surface area contributed by atoms with Crippen LogP contribution in [-0.2, 0) is 10.0 Å². The molecule has 1 heterocycles. The second kappa shape index (κ2) is 6.75. The maximum absolute atomic E-state index is 12.3. The molecule has 0 aromatic heterocycles. The first-order valence-electron chi connectivity index (χ1n) is 8.04. The van der Waals surface area contributed by atoms with Crippen LogP contribution in [-0.4, -0.2) is 14.4 Å². The number of hydrogen-bond acceptors (Lipinski definition) is 4. The zero-order valence-electron chi connectivity index (χ0n) is 13.7. The van der Waals surface area contributed by atoms with E-state index in [1.807, 2.05) is 42.5 Å². The molecule has 8 heteroatoms. The molecule has 0 radical (unpaired) electrons. The van der Waals surface area contributed by atoms with Crippen LogP contribution in [0.4, 0.5) is 0 Å². The van der Waals surface area contributed by atoms with Crippen molar-refractivity contribution in [3.63, 3.8) is 0 Å². The molecule has 4 N–H and O–H groups in total. The van der Waals surface area contributed by atoms with Gasteiger partial charge in [-0.25, -0.2) is 10.9 Å². The Morgan fingerprint density at radius 1 is 0.769 bits per heavy atom. The van der Waals surface area contributed by atoms with E-state index in [1.165, 1.54) is 12.1 Å². The molecule has 1 aliphatic rings. The van der Waals surface area contributed by atoms with Crippen LogP contribution in [0.15, 0.2) is 82.1 Å². The molecule has 0 atom stereocenters. The predicted molar refractivity (Wildman–Crippen MR) is 100 cm³/mol. The Morgan fingerprint density at radius 2 is 1.42 bits per heavy atom. The number of nitrogens with one attached hydrogen (secondary N) is 4. The van der Waals surface area contributed by atoms with Crippen molar-refractivity contribution in [3.8, 4) is 0 Å². The lowest BCUT2D eigenvalue weighted by atomic mass is 10.0. The largest absolute Gasteiger partial charge is 0.288 e. The smallest absolute Gasteiger partial charge is 0.285 e. The van der Waals surface area contributed by atoms with E-state index in [4.69, 9.17) is 0 Å². The maximum Gasteiger partial charge on any atom is 0.285 e. The minimum absolute atomic E-state index is 0.0744. The summed E-state index contributed by atoms with van der Waals surface area (Å²) < 4.78 is 28.4. The molecule has 3 aromatic carbocycles. The third-order valence-electron chi connectivity index (χ3n) is 4.06. The second-order valence-corrected chi connectivity index (χ2v) is 7.37. The van der Waals surface area contributed by atoms with Crippen molar-refractivity contribution in [1.82, 2.24) is 21.7 Å². The van der Waals surface area contributed by atoms with Gasteiger partial charge in [-0.05, 0) is 28.5 Å². The minimum Gasteiger partial charge on any atom is -0.288 e. The summed E-state index contributed by atoms with van der Waals surface area (Å²) in [5.41, 5.74) is 12.7. The van der Waals surface area contributed by atoms with Crippen molar-refractivity contribution >= 4 is 26.8 Å². The molecule has 3 aromatic rings. The third kappa shape index (κ3) is 3.25. The van der Waals surface area contributed by atoms with Gasteiger partial charge in [-0.2, -0.15) is 8.42 Å². The van der Waals surface area contributed by atoms with Gasteiger partial charge in [0.2, 0.25) is 5.96 Å². The second-order valence-electron chi connectivity index (χ2n) is 5.77. The van der Waals surface area contributed by atoms with E-state index in [1.54, 1.807) is 18.2 Å². The number of hydrazine groups is 2. The molecule has 0 spiro atoms.